The lowest BCUT2D eigenvalue weighted by atomic mass is 10.1. The minimum absolute atomic E-state index is 0.123. The van der Waals surface area contributed by atoms with Crippen molar-refractivity contribution in [1.29, 1.82) is 0 Å². The Morgan fingerprint density at radius 3 is 2.44 bits per heavy atom. The van der Waals surface area contributed by atoms with Crippen molar-refractivity contribution < 1.29 is 14.3 Å². The number of hydrogen-bond donors (Lipinski definition) is 1. The van der Waals surface area contributed by atoms with Crippen LogP contribution in [0.5, 0.6) is 5.75 Å². The lowest BCUT2D eigenvalue weighted by Gasteiger charge is -2.14. The number of aryl methyl sites for hydroxylation is 2. The van der Waals surface area contributed by atoms with Crippen molar-refractivity contribution in [2.45, 2.75) is 19.9 Å². The van der Waals surface area contributed by atoms with Crippen LogP contribution in [0.2, 0.25) is 0 Å². The molecule has 4 heteroatoms. The first-order chi connectivity index (χ1) is 7.56. The molecule has 0 radical (unpaired) electrons. The largest absolute Gasteiger partial charge is 0.491 e. The van der Waals surface area contributed by atoms with Crippen LogP contribution >= 0.6 is 0 Å². The van der Waals surface area contributed by atoms with Gasteiger partial charge in [0.1, 0.15) is 18.4 Å². The maximum Gasteiger partial charge on any atom is 0.326 e. The van der Waals surface area contributed by atoms with Crippen LogP contribution in [0.4, 0.5) is 0 Å². The molecule has 0 spiro atoms. The lowest BCUT2D eigenvalue weighted by molar-refractivity contribution is -0.142. The molecule has 16 heavy (non-hydrogen) atoms. The number of rotatable bonds is 4. The Balaban J connectivity index is 2.64. The molecule has 0 saturated carbocycles. The summed E-state index contributed by atoms with van der Waals surface area (Å²) in [5.41, 5.74) is 7.63. The minimum Gasteiger partial charge on any atom is -0.491 e. The van der Waals surface area contributed by atoms with Crippen LogP contribution < -0.4 is 10.5 Å². The molecule has 0 bridgehead atoms. The Morgan fingerprint density at radius 1 is 1.38 bits per heavy atom. The number of methoxy groups -OCH3 is 1. The standard InChI is InChI=1S/C12H17NO3/c1-8-5-4-6-9(2)11(8)16-7-10(13)12(14)15-3/h4-6,10H,7,13H2,1-3H3. The minimum atomic E-state index is -0.746. The summed E-state index contributed by atoms with van der Waals surface area (Å²) in [6.07, 6.45) is 0. The fourth-order valence-corrected chi connectivity index (χ4v) is 1.42. The quantitative estimate of drug-likeness (QED) is 0.779. The predicted octanol–water partition coefficient (Wildman–Crippen LogP) is 1.18. The smallest absolute Gasteiger partial charge is 0.326 e. The highest BCUT2D eigenvalue weighted by atomic mass is 16.5. The molecule has 0 aliphatic rings. The summed E-state index contributed by atoms with van der Waals surface area (Å²) in [6, 6.07) is 5.11. The van der Waals surface area contributed by atoms with Gasteiger partial charge in [0, 0.05) is 0 Å². The first-order valence-electron chi connectivity index (χ1n) is 5.08. The van der Waals surface area contributed by atoms with Gasteiger partial charge in [0.05, 0.1) is 7.11 Å². The number of hydrogen-bond acceptors (Lipinski definition) is 4. The molecule has 0 saturated heterocycles. The molecule has 0 aliphatic heterocycles. The van der Waals surface area contributed by atoms with Crippen LogP contribution in [0.25, 0.3) is 0 Å². The molecule has 0 amide bonds. The molecule has 0 aromatic heterocycles. The summed E-state index contributed by atoms with van der Waals surface area (Å²) in [5.74, 6) is 0.313. The number of carbonyl (C=O) groups is 1. The van der Waals surface area contributed by atoms with Gasteiger partial charge in [-0.25, -0.2) is 0 Å². The number of benzene rings is 1. The summed E-state index contributed by atoms with van der Waals surface area (Å²) in [4.78, 5) is 11.1. The Kier molecular flexibility index (Phi) is 4.31. The van der Waals surface area contributed by atoms with Gasteiger partial charge in [-0.2, -0.15) is 0 Å². The zero-order valence-corrected chi connectivity index (χ0v) is 9.82. The van der Waals surface area contributed by atoms with Gasteiger partial charge in [0.25, 0.3) is 0 Å². The maximum atomic E-state index is 11.1. The monoisotopic (exact) mass is 223 g/mol. The molecule has 1 aromatic rings. The van der Waals surface area contributed by atoms with Crippen molar-refractivity contribution >= 4 is 5.97 Å². The molecular weight excluding hydrogens is 206 g/mol. The highest BCUT2D eigenvalue weighted by Gasteiger charge is 2.15. The zero-order valence-electron chi connectivity index (χ0n) is 9.82. The van der Waals surface area contributed by atoms with E-state index in [1.165, 1.54) is 7.11 Å². The first kappa shape index (κ1) is 12.5. The van der Waals surface area contributed by atoms with E-state index in [9.17, 15) is 4.79 Å². The summed E-state index contributed by atoms with van der Waals surface area (Å²) in [5, 5.41) is 0. The average molecular weight is 223 g/mol. The van der Waals surface area contributed by atoms with Gasteiger partial charge in [-0.05, 0) is 25.0 Å². The van der Waals surface area contributed by atoms with Gasteiger partial charge in [0.2, 0.25) is 0 Å². The molecule has 0 fully saturated rings. The van der Waals surface area contributed by atoms with Crippen LogP contribution in [-0.4, -0.2) is 25.7 Å². The Hall–Kier alpha value is -1.55. The van der Waals surface area contributed by atoms with E-state index in [-0.39, 0.29) is 6.61 Å². The fourth-order valence-electron chi connectivity index (χ4n) is 1.42. The van der Waals surface area contributed by atoms with Gasteiger partial charge in [-0.3, -0.25) is 4.79 Å². The third-order valence-corrected chi connectivity index (χ3v) is 2.32. The van der Waals surface area contributed by atoms with Gasteiger partial charge in [-0.1, -0.05) is 18.2 Å². The molecular formula is C12H17NO3. The lowest BCUT2D eigenvalue weighted by Crippen LogP contribution is -2.37. The van der Waals surface area contributed by atoms with Crippen LogP contribution in [0, 0.1) is 13.8 Å². The van der Waals surface area contributed by atoms with Crippen LogP contribution in [-0.2, 0) is 9.53 Å². The van der Waals surface area contributed by atoms with Gasteiger partial charge < -0.3 is 15.2 Å². The predicted molar refractivity (Wildman–Crippen MR) is 61.4 cm³/mol. The van der Waals surface area contributed by atoms with E-state index in [4.69, 9.17) is 10.5 Å². The second-order valence-corrected chi connectivity index (χ2v) is 3.66. The topological polar surface area (TPSA) is 61.5 Å². The number of para-hydroxylation sites is 1. The van der Waals surface area contributed by atoms with Crippen LogP contribution in [0.3, 0.4) is 0 Å². The molecule has 4 nitrogen and oxygen atoms in total. The van der Waals surface area contributed by atoms with Crippen LogP contribution in [0.15, 0.2) is 18.2 Å². The maximum absolute atomic E-state index is 11.1. The van der Waals surface area contributed by atoms with Crippen molar-refractivity contribution in [3.05, 3.63) is 29.3 Å². The van der Waals surface area contributed by atoms with Gasteiger partial charge >= 0.3 is 5.97 Å². The van der Waals surface area contributed by atoms with Crippen molar-refractivity contribution in [3.8, 4) is 5.75 Å². The number of esters is 1. The summed E-state index contributed by atoms with van der Waals surface area (Å²) < 4.78 is 10.0. The van der Waals surface area contributed by atoms with E-state index < -0.39 is 12.0 Å². The Bertz CT molecular complexity index is 356. The van der Waals surface area contributed by atoms with Crippen LogP contribution in [0.1, 0.15) is 11.1 Å². The third kappa shape index (κ3) is 2.97. The molecule has 1 aromatic carbocycles. The Morgan fingerprint density at radius 2 is 1.94 bits per heavy atom. The van der Waals surface area contributed by atoms with E-state index in [0.717, 1.165) is 16.9 Å². The molecule has 2 N–H and O–H groups in total. The zero-order chi connectivity index (χ0) is 12.1. The third-order valence-electron chi connectivity index (χ3n) is 2.32. The summed E-state index contributed by atoms with van der Waals surface area (Å²) >= 11 is 0. The highest BCUT2D eigenvalue weighted by Crippen LogP contribution is 2.22. The first-order valence-corrected chi connectivity index (χ1v) is 5.08. The fraction of sp³-hybridized carbons (Fsp3) is 0.417. The average Bonchev–Trinajstić information content (AvgIpc) is 2.27. The molecule has 1 unspecified atom stereocenters. The molecule has 88 valence electrons. The molecule has 1 atom stereocenters. The van der Waals surface area contributed by atoms with Crippen molar-refractivity contribution in [1.82, 2.24) is 0 Å². The number of carbonyl (C=O) groups excluding carboxylic acids is 1. The summed E-state index contributed by atoms with van der Waals surface area (Å²) in [6.45, 7) is 4.02. The second kappa shape index (κ2) is 5.51. The van der Waals surface area contributed by atoms with Crippen molar-refractivity contribution in [2.24, 2.45) is 5.73 Å². The Labute approximate surface area is 95.3 Å². The number of ether oxygens (including phenoxy) is 2. The van der Waals surface area contributed by atoms with E-state index in [0.29, 0.717) is 0 Å². The van der Waals surface area contributed by atoms with Gasteiger partial charge in [0.15, 0.2) is 0 Å². The van der Waals surface area contributed by atoms with E-state index >= 15 is 0 Å². The molecule has 1 rings (SSSR count). The highest BCUT2D eigenvalue weighted by molar-refractivity contribution is 5.75. The van der Waals surface area contributed by atoms with Crippen molar-refractivity contribution in [2.75, 3.05) is 13.7 Å². The normalized spacial score (nSPS) is 12.0. The molecule has 0 heterocycles. The van der Waals surface area contributed by atoms with Crippen molar-refractivity contribution in [3.63, 3.8) is 0 Å². The van der Waals surface area contributed by atoms with E-state index in [2.05, 4.69) is 4.74 Å². The SMILES string of the molecule is COC(=O)C(N)COc1c(C)cccc1C. The van der Waals surface area contributed by atoms with E-state index in [1.54, 1.807) is 0 Å². The van der Waals surface area contributed by atoms with Gasteiger partial charge in [-0.15, -0.1) is 0 Å². The van der Waals surface area contributed by atoms with E-state index in [1.807, 2.05) is 32.0 Å². The summed E-state index contributed by atoms with van der Waals surface area (Å²) in [7, 11) is 1.31. The number of nitrogens with two attached hydrogens (primary N) is 1. The molecule has 0 aliphatic carbocycles. The second-order valence-electron chi connectivity index (χ2n) is 3.66.